The second kappa shape index (κ2) is 18.0. The summed E-state index contributed by atoms with van der Waals surface area (Å²) in [4.78, 5) is 28.3. The molecular weight excluding hydrogens is 783 g/mol. The van der Waals surface area contributed by atoms with Gasteiger partial charge in [0, 0.05) is 22.7 Å². The number of hydrogen-bond acceptors (Lipinski definition) is 10. The molecule has 59 heavy (non-hydrogen) atoms. The molecular formula is C46H85NO10Si2. The molecule has 11 nitrogen and oxygen atoms in total. The van der Waals surface area contributed by atoms with E-state index in [0.717, 1.165) is 36.3 Å². The molecule has 3 fully saturated rings. The van der Waals surface area contributed by atoms with Gasteiger partial charge in [-0.1, -0.05) is 90.0 Å². The SMILES string of the molecule is CC[Si](CC)(CC)OC(C(=O)O[C@H]1C[C@@]2(O)[C@@H](C)[C@@H]3[C@]4(C)CO[C@@H]4CC(O[Si](CC)(CC)CC)[C@@]3(C)[C@@H](O)[C@@H](O)C(=C1C)C2(C)C)[C@H](CC(C)C)NC(=O)OC(C)(C)C. The first-order valence-electron chi connectivity index (χ1n) is 23.1. The van der Waals surface area contributed by atoms with Crippen LogP contribution in [0.25, 0.3) is 0 Å². The third-order valence-corrected chi connectivity index (χ3v) is 25.7. The number of fused-ring (bicyclic) bond motifs is 5. The maximum Gasteiger partial charge on any atom is 0.407 e. The van der Waals surface area contributed by atoms with Crippen molar-refractivity contribution in [2.45, 2.75) is 227 Å². The number of rotatable bonds is 16. The lowest BCUT2D eigenvalue weighted by atomic mass is 9.40. The molecule has 13 heteroatoms. The lowest BCUT2D eigenvalue weighted by Crippen LogP contribution is -2.76. The number of carbonyl (C=O) groups is 2. The summed E-state index contributed by atoms with van der Waals surface area (Å²) >= 11 is 0. The largest absolute Gasteiger partial charge is 0.456 e. The van der Waals surface area contributed by atoms with Gasteiger partial charge in [0.1, 0.15) is 17.8 Å². The number of carbonyl (C=O) groups excluding carboxylic acids is 2. The van der Waals surface area contributed by atoms with E-state index in [9.17, 15) is 24.9 Å². The zero-order chi connectivity index (χ0) is 44.9. The standard InChI is InChI=1S/C46H85NO10Si2/c1-18-58(19-2,20-3)56-34-25-33-44(16,27-53-33)38-30(10)46(52)26-32(29(9)35(43(46,14)15)36(48)39(49)45(34,38)17)54-40(50)37(57-59(21-4,22-5)23-6)31(24-28(7)8)47-41(51)55-42(11,12)13/h28,30-34,36-39,48-49,52H,18-27H2,1-17H3,(H,47,51)/t30-,31-,32-,33+,34?,36-,37?,38+,39-,44+,45+,46+/m0/s1. The Kier molecular flexibility index (Phi) is 15.4. The van der Waals surface area contributed by atoms with Crippen LogP contribution in [0.15, 0.2) is 11.1 Å². The van der Waals surface area contributed by atoms with Gasteiger partial charge in [-0.05, 0) is 106 Å². The molecule has 4 N–H and O–H groups in total. The van der Waals surface area contributed by atoms with Crippen LogP contribution in [-0.2, 0) is 27.9 Å². The van der Waals surface area contributed by atoms with Crippen molar-refractivity contribution >= 4 is 28.7 Å². The van der Waals surface area contributed by atoms with Crippen molar-refractivity contribution < 1.29 is 48.0 Å². The highest BCUT2D eigenvalue weighted by atomic mass is 28.4. The Balaban J connectivity index is 1.88. The van der Waals surface area contributed by atoms with Crippen molar-refractivity contribution in [2.75, 3.05) is 6.61 Å². The van der Waals surface area contributed by atoms with Gasteiger partial charge in [0.2, 0.25) is 0 Å². The van der Waals surface area contributed by atoms with E-state index in [1.807, 2.05) is 34.6 Å². The van der Waals surface area contributed by atoms with Crippen molar-refractivity contribution in [1.82, 2.24) is 5.32 Å². The van der Waals surface area contributed by atoms with Gasteiger partial charge in [-0.15, -0.1) is 0 Å². The Hall–Kier alpha value is -1.33. The number of amides is 1. The molecule has 0 spiro atoms. The summed E-state index contributed by atoms with van der Waals surface area (Å²) in [5.41, 5.74) is -3.48. The van der Waals surface area contributed by atoms with Crippen LogP contribution >= 0.6 is 0 Å². The maximum atomic E-state index is 15.0. The molecule has 2 bridgehead atoms. The number of ether oxygens (including phenoxy) is 3. The molecule has 0 aromatic carbocycles. The Morgan fingerprint density at radius 3 is 1.93 bits per heavy atom. The zero-order valence-corrected chi connectivity index (χ0v) is 42.0. The van der Waals surface area contributed by atoms with E-state index < -0.39 is 98.6 Å². The van der Waals surface area contributed by atoms with E-state index in [1.165, 1.54) is 0 Å². The van der Waals surface area contributed by atoms with Crippen LogP contribution in [0.4, 0.5) is 4.79 Å². The van der Waals surface area contributed by atoms with Gasteiger partial charge in [0.05, 0.1) is 36.6 Å². The van der Waals surface area contributed by atoms with Crippen LogP contribution in [0.3, 0.4) is 0 Å². The predicted octanol–water partition coefficient (Wildman–Crippen LogP) is 8.90. The van der Waals surface area contributed by atoms with Crippen LogP contribution in [0.1, 0.15) is 137 Å². The minimum absolute atomic E-state index is 0.0846. The molecule has 1 aliphatic heterocycles. The van der Waals surface area contributed by atoms with Gasteiger partial charge in [-0.2, -0.15) is 0 Å². The Morgan fingerprint density at radius 2 is 1.47 bits per heavy atom. The number of aliphatic hydroxyl groups is 3. The highest BCUT2D eigenvalue weighted by Gasteiger charge is 2.73. The predicted molar refractivity (Wildman–Crippen MR) is 238 cm³/mol. The lowest BCUT2D eigenvalue weighted by Gasteiger charge is -2.71. The number of aliphatic hydroxyl groups excluding tert-OH is 2. The van der Waals surface area contributed by atoms with E-state index >= 15 is 0 Å². The number of nitrogens with one attached hydrogen (secondary N) is 1. The van der Waals surface area contributed by atoms with Crippen molar-refractivity contribution in [3.8, 4) is 0 Å². The summed E-state index contributed by atoms with van der Waals surface area (Å²) in [6.07, 6.45) is -4.70. The molecule has 1 heterocycles. The minimum Gasteiger partial charge on any atom is -0.456 e. The van der Waals surface area contributed by atoms with Crippen molar-refractivity contribution in [2.24, 2.45) is 34.0 Å². The van der Waals surface area contributed by atoms with Crippen LogP contribution < -0.4 is 5.32 Å². The summed E-state index contributed by atoms with van der Waals surface area (Å²) in [5.74, 6) is -1.28. The van der Waals surface area contributed by atoms with Gasteiger partial charge in [0.15, 0.2) is 22.7 Å². The molecule has 1 amide bonds. The maximum absolute atomic E-state index is 15.0. The Bertz CT molecular complexity index is 1510. The first-order chi connectivity index (χ1) is 27.2. The zero-order valence-electron chi connectivity index (χ0n) is 40.0. The van der Waals surface area contributed by atoms with Gasteiger partial charge in [0.25, 0.3) is 0 Å². The molecule has 2 unspecified atom stereocenters. The van der Waals surface area contributed by atoms with E-state index in [0.29, 0.717) is 30.6 Å². The monoisotopic (exact) mass is 868 g/mol. The molecule has 12 atom stereocenters. The van der Waals surface area contributed by atoms with Crippen molar-refractivity contribution in [1.29, 1.82) is 0 Å². The highest BCUT2D eigenvalue weighted by molar-refractivity contribution is 6.74. The molecule has 4 aliphatic rings. The first-order valence-corrected chi connectivity index (χ1v) is 28.2. The topological polar surface area (TPSA) is 153 Å². The van der Waals surface area contributed by atoms with Gasteiger partial charge in [-0.3, -0.25) is 0 Å². The number of esters is 1. The molecule has 342 valence electrons. The van der Waals surface area contributed by atoms with Crippen LogP contribution in [0, 0.1) is 34.0 Å². The third-order valence-electron chi connectivity index (χ3n) is 16.4. The van der Waals surface area contributed by atoms with Gasteiger partial charge in [-0.25, -0.2) is 9.59 Å². The van der Waals surface area contributed by atoms with Gasteiger partial charge < -0.3 is 43.7 Å². The average Bonchev–Trinajstić information content (AvgIpc) is 3.15. The molecule has 3 aliphatic carbocycles. The summed E-state index contributed by atoms with van der Waals surface area (Å²) in [5, 5.41) is 42.2. The van der Waals surface area contributed by atoms with E-state index in [-0.39, 0.29) is 24.4 Å². The Labute approximate surface area is 359 Å². The fourth-order valence-corrected chi connectivity index (χ4v) is 18.0. The minimum atomic E-state index is -2.47. The van der Waals surface area contributed by atoms with Crippen LogP contribution in [-0.4, -0.2) is 104 Å². The average molecular weight is 868 g/mol. The first kappa shape index (κ1) is 50.3. The molecule has 1 saturated heterocycles. The number of hydrogen-bond donors (Lipinski definition) is 4. The second-order valence-electron chi connectivity index (χ2n) is 21.4. The molecule has 2 saturated carbocycles. The lowest BCUT2D eigenvalue weighted by molar-refractivity contribution is -0.326. The quantitative estimate of drug-likeness (QED) is 0.0673. The smallest absolute Gasteiger partial charge is 0.407 e. The van der Waals surface area contributed by atoms with Crippen LogP contribution in [0.5, 0.6) is 0 Å². The van der Waals surface area contributed by atoms with Crippen molar-refractivity contribution in [3.63, 3.8) is 0 Å². The van der Waals surface area contributed by atoms with E-state index in [2.05, 4.69) is 67.6 Å². The Morgan fingerprint density at radius 1 is 0.932 bits per heavy atom. The summed E-state index contributed by atoms with van der Waals surface area (Å²) < 4.78 is 32.9. The summed E-state index contributed by atoms with van der Waals surface area (Å²) in [7, 11) is -4.67. The second-order valence-corrected chi connectivity index (χ2v) is 30.8. The molecule has 4 rings (SSSR count). The highest BCUT2D eigenvalue weighted by Crippen LogP contribution is 2.68. The fourth-order valence-electron chi connectivity index (χ4n) is 12.3. The van der Waals surface area contributed by atoms with Crippen molar-refractivity contribution in [3.05, 3.63) is 11.1 Å². The van der Waals surface area contributed by atoms with Crippen LogP contribution in [0.2, 0.25) is 36.3 Å². The van der Waals surface area contributed by atoms with E-state index in [4.69, 9.17) is 23.1 Å². The third kappa shape index (κ3) is 8.94. The normalized spacial score (nSPS) is 35.7. The molecule has 0 radical (unpaired) electrons. The number of alkyl carbamates (subject to hydrolysis) is 1. The summed E-state index contributed by atoms with van der Waals surface area (Å²) in [6, 6.07) is 4.41. The summed E-state index contributed by atoms with van der Waals surface area (Å²) in [6.45, 7) is 35.0. The molecule has 0 aromatic rings. The molecule has 0 aromatic heterocycles. The van der Waals surface area contributed by atoms with Gasteiger partial charge >= 0.3 is 12.1 Å². The fraction of sp³-hybridized carbons (Fsp3) is 0.913. The van der Waals surface area contributed by atoms with E-state index in [1.54, 1.807) is 20.8 Å².